The van der Waals surface area contributed by atoms with Gasteiger partial charge < -0.3 is 9.55 Å². The average molecular weight is 376 g/mol. The smallest absolute Gasteiger partial charge is 0.266 e. The van der Waals surface area contributed by atoms with E-state index in [-0.39, 0.29) is 11.1 Å². The van der Waals surface area contributed by atoms with Crippen LogP contribution in [0.25, 0.3) is 21.6 Å². The Morgan fingerprint density at radius 2 is 2.19 bits per heavy atom. The number of hydrogen-bond acceptors (Lipinski definition) is 7. The molecular formula is C18H12N6O2S. The van der Waals surface area contributed by atoms with E-state index >= 15 is 0 Å². The molecule has 0 aliphatic heterocycles. The van der Waals surface area contributed by atoms with E-state index in [0.29, 0.717) is 29.6 Å². The number of nitrogens with one attached hydrogen (secondary N) is 1. The first-order chi connectivity index (χ1) is 13.2. The van der Waals surface area contributed by atoms with E-state index in [2.05, 4.69) is 19.9 Å². The van der Waals surface area contributed by atoms with Gasteiger partial charge in [0.25, 0.3) is 11.1 Å². The summed E-state index contributed by atoms with van der Waals surface area (Å²) in [6, 6.07) is 4.79. The molecular weight excluding hydrogens is 364 g/mol. The summed E-state index contributed by atoms with van der Waals surface area (Å²) in [6.07, 6.45) is 7.07. The number of rotatable bonds is 4. The maximum atomic E-state index is 12.7. The summed E-state index contributed by atoms with van der Waals surface area (Å²) in [5, 5.41) is 12.0. The molecule has 0 unspecified atom stereocenters. The monoisotopic (exact) mass is 376 g/mol. The van der Waals surface area contributed by atoms with Crippen molar-refractivity contribution in [3.05, 3.63) is 74.3 Å². The molecule has 132 valence electrons. The summed E-state index contributed by atoms with van der Waals surface area (Å²) in [6.45, 7) is 0.430. The normalized spacial score (nSPS) is 10.8. The Bertz CT molecular complexity index is 1280. The van der Waals surface area contributed by atoms with Gasteiger partial charge >= 0.3 is 0 Å². The van der Waals surface area contributed by atoms with Crippen molar-refractivity contribution in [2.24, 2.45) is 0 Å². The number of H-pyrrole nitrogens is 1. The van der Waals surface area contributed by atoms with Gasteiger partial charge in [0.2, 0.25) is 0 Å². The number of aromatic amines is 1. The number of pyridine rings is 2. The quantitative estimate of drug-likeness (QED) is 0.579. The Labute approximate surface area is 156 Å². The number of nitrogens with zero attached hydrogens (tertiary/aromatic N) is 5. The molecule has 0 spiro atoms. The van der Waals surface area contributed by atoms with Gasteiger partial charge in [0, 0.05) is 36.9 Å². The molecule has 4 aromatic heterocycles. The van der Waals surface area contributed by atoms with Crippen LogP contribution in [0.4, 0.5) is 0 Å². The molecule has 0 fully saturated rings. The van der Waals surface area contributed by atoms with Crippen molar-refractivity contribution >= 4 is 22.2 Å². The molecule has 0 bridgehead atoms. The van der Waals surface area contributed by atoms with Crippen LogP contribution < -0.4 is 11.1 Å². The van der Waals surface area contributed by atoms with Gasteiger partial charge in [0.1, 0.15) is 22.3 Å². The summed E-state index contributed by atoms with van der Waals surface area (Å²) in [4.78, 5) is 39.7. The Kier molecular flexibility index (Phi) is 4.32. The molecule has 4 aromatic rings. The van der Waals surface area contributed by atoms with E-state index < -0.39 is 5.56 Å². The largest absolute Gasteiger partial charge is 0.321 e. The van der Waals surface area contributed by atoms with Gasteiger partial charge in [0.15, 0.2) is 0 Å². The Morgan fingerprint density at radius 3 is 2.96 bits per heavy atom. The standard InChI is InChI=1S/C18H12N6O2S/c19-8-11-7-13-14(23-16(11)25)2-6-24(18(13)26)5-1-12-10-27-17(22-12)15-9-20-3-4-21-15/h2-4,6-7,9-10H,1,5H2,(H,23,25). The highest BCUT2D eigenvalue weighted by Gasteiger charge is 2.09. The summed E-state index contributed by atoms with van der Waals surface area (Å²) in [7, 11) is 0. The average Bonchev–Trinajstić information content (AvgIpc) is 3.17. The maximum Gasteiger partial charge on any atom is 0.266 e. The van der Waals surface area contributed by atoms with Crippen LogP contribution >= 0.6 is 11.3 Å². The molecule has 9 heteroatoms. The zero-order valence-electron chi connectivity index (χ0n) is 13.9. The van der Waals surface area contributed by atoms with Crippen LogP contribution in [0.2, 0.25) is 0 Å². The highest BCUT2D eigenvalue weighted by atomic mass is 32.1. The molecule has 0 saturated carbocycles. The van der Waals surface area contributed by atoms with Crippen LogP contribution in [0.3, 0.4) is 0 Å². The summed E-state index contributed by atoms with van der Waals surface area (Å²) >= 11 is 1.47. The van der Waals surface area contributed by atoms with Crippen molar-refractivity contribution in [1.82, 2.24) is 24.5 Å². The van der Waals surface area contributed by atoms with Gasteiger partial charge in [-0.1, -0.05) is 0 Å². The molecule has 0 aliphatic carbocycles. The van der Waals surface area contributed by atoms with Crippen molar-refractivity contribution in [1.29, 1.82) is 5.26 Å². The van der Waals surface area contributed by atoms with Gasteiger partial charge in [-0.2, -0.15) is 5.26 Å². The molecule has 27 heavy (non-hydrogen) atoms. The lowest BCUT2D eigenvalue weighted by atomic mass is 10.2. The van der Waals surface area contributed by atoms with Gasteiger partial charge in [-0.05, 0) is 12.1 Å². The molecule has 0 saturated heterocycles. The first-order valence-electron chi connectivity index (χ1n) is 8.03. The third-order valence-corrected chi connectivity index (χ3v) is 4.96. The molecule has 0 atom stereocenters. The van der Waals surface area contributed by atoms with Gasteiger partial charge in [-0.3, -0.25) is 19.6 Å². The van der Waals surface area contributed by atoms with E-state index in [9.17, 15) is 9.59 Å². The minimum atomic E-state index is -0.499. The molecule has 0 aromatic carbocycles. The van der Waals surface area contributed by atoms with Crippen molar-refractivity contribution in [2.45, 2.75) is 13.0 Å². The number of aromatic nitrogens is 5. The maximum absolute atomic E-state index is 12.7. The fraction of sp³-hybridized carbons (Fsp3) is 0.111. The van der Waals surface area contributed by atoms with Crippen molar-refractivity contribution < 1.29 is 0 Å². The van der Waals surface area contributed by atoms with Gasteiger partial charge in [0.05, 0.1) is 22.8 Å². The van der Waals surface area contributed by atoms with Crippen molar-refractivity contribution in [3.8, 4) is 16.8 Å². The predicted molar refractivity (Wildman–Crippen MR) is 100 cm³/mol. The van der Waals surface area contributed by atoms with E-state index in [1.165, 1.54) is 17.4 Å². The molecule has 0 radical (unpaired) electrons. The second-order valence-electron chi connectivity index (χ2n) is 5.75. The fourth-order valence-electron chi connectivity index (χ4n) is 2.68. The minimum absolute atomic E-state index is 0.0783. The highest BCUT2D eigenvalue weighted by molar-refractivity contribution is 7.13. The first kappa shape index (κ1) is 16.8. The fourth-order valence-corrected chi connectivity index (χ4v) is 3.50. The summed E-state index contributed by atoms with van der Waals surface area (Å²) in [5.74, 6) is 0. The Hall–Kier alpha value is -3.64. The van der Waals surface area contributed by atoms with E-state index in [1.807, 2.05) is 5.38 Å². The molecule has 0 amide bonds. The van der Waals surface area contributed by atoms with Crippen LogP contribution in [0.15, 0.2) is 51.9 Å². The van der Waals surface area contributed by atoms with Crippen LogP contribution in [0, 0.1) is 11.3 Å². The number of nitriles is 1. The lowest BCUT2D eigenvalue weighted by Gasteiger charge is -2.06. The van der Waals surface area contributed by atoms with Crippen LogP contribution in [-0.2, 0) is 13.0 Å². The molecule has 4 heterocycles. The number of thiazole rings is 1. The SMILES string of the molecule is N#Cc1cc2c(=O)n(CCc3csc(-c4cnccn4)n3)ccc2[nH]c1=O. The number of fused-ring (bicyclic) bond motifs is 1. The van der Waals surface area contributed by atoms with E-state index in [4.69, 9.17) is 5.26 Å². The minimum Gasteiger partial charge on any atom is -0.321 e. The lowest BCUT2D eigenvalue weighted by Crippen LogP contribution is -2.22. The van der Waals surface area contributed by atoms with Crippen LogP contribution in [0.5, 0.6) is 0 Å². The van der Waals surface area contributed by atoms with Gasteiger partial charge in [-0.25, -0.2) is 4.98 Å². The summed E-state index contributed by atoms with van der Waals surface area (Å²) in [5.41, 5.74) is 1.14. The van der Waals surface area contributed by atoms with Crippen LogP contribution in [-0.4, -0.2) is 24.5 Å². The second-order valence-corrected chi connectivity index (χ2v) is 6.61. The van der Waals surface area contributed by atoms with E-state index in [1.54, 1.807) is 41.5 Å². The third kappa shape index (κ3) is 3.26. The summed E-state index contributed by atoms with van der Waals surface area (Å²) < 4.78 is 1.54. The van der Waals surface area contributed by atoms with Crippen LogP contribution in [0.1, 0.15) is 11.3 Å². The van der Waals surface area contributed by atoms with Gasteiger partial charge in [-0.15, -0.1) is 11.3 Å². The number of aryl methyl sites for hydroxylation is 2. The topological polar surface area (TPSA) is 117 Å². The lowest BCUT2D eigenvalue weighted by molar-refractivity contribution is 0.667. The zero-order valence-corrected chi connectivity index (χ0v) is 14.7. The number of hydrogen-bond donors (Lipinski definition) is 1. The highest BCUT2D eigenvalue weighted by Crippen LogP contribution is 2.21. The van der Waals surface area contributed by atoms with E-state index in [0.717, 1.165) is 10.7 Å². The molecule has 0 aliphatic rings. The van der Waals surface area contributed by atoms with Crippen molar-refractivity contribution in [3.63, 3.8) is 0 Å². The first-order valence-corrected chi connectivity index (χ1v) is 8.91. The second kappa shape index (κ2) is 6.93. The molecule has 8 nitrogen and oxygen atoms in total. The van der Waals surface area contributed by atoms with Crippen molar-refractivity contribution in [2.75, 3.05) is 0 Å². The predicted octanol–water partition coefficient (Wildman–Crippen LogP) is 1.72. The Balaban J connectivity index is 1.59. The molecule has 4 rings (SSSR count). The Morgan fingerprint density at radius 1 is 1.30 bits per heavy atom. The molecule has 1 N–H and O–H groups in total. The zero-order chi connectivity index (χ0) is 18.8. The third-order valence-electron chi connectivity index (χ3n) is 4.05.